The van der Waals surface area contributed by atoms with Crippen LogP contribution in [-0.4, -0.2) is 30.4 Å². The van der Waals surface area contributed by atoms with E-state index in [2.05, 4.69) is 60.7 Å². The second-order valence-electron chi connectivity index (χ2n) is 12.9. The molecule has 2 atom stereocenters. The van der Waals surface area contributed by atoms with Crippen molar-refractivity contribution in [3.63, 3.8) is 0 Å². The summed E-state index contributed by atoms with van der Waals surface area (Å²) in [5.41, 5.74) is 6.61. The fourth-order valence-corrected chi connectivity index (χ4v) is 5.94. The van der Waals surface area contributed by atoms with Gasteiger partial charge in [0.05, 0.1) is 23.6 Å². The fraction of sp³-hybridized carbons (Fsp3) is 0.243. The molecule has 0 radical (unpaired) electrons. The number of benzene rings is 3. The third-order valence-corrected chi connectivity index (χ3v) is 8.42. The molecule has 9 nitrogen and oxygen atoms in total. The second-order valence-corrected chi connectivity index (χ2v) is 12.9. The summed E-state index contributed by atoms with van der Waals surface area (Å²) in [6.45, 7) is 8.39. The highest BCUT2D eigenvalue weighted by molar-refractivity contribution is 5.89. The van der Waals surface area contributed by atoms with E-state index in [9.17, 15) is 4.79 Å². The smallest absolute Gasteiger partial charge is 0.320 e. The molecule has 1 aliphatic rings. The predicted molar refractivity (Wildman–Crippen MR) is 179 cm³/mol. The molecule has 2 amide bonds. The summed E-state index contributed by atoms with van der Waals surface area (Å²) < 4.78 is 10.3. The Labute approximate surface area is 268 Å². The number of hydrogen-bond donors (Lipinski definition) is 2. The van der Waals surface area contributed by atoms with Crippen LogP contribution in [0.15, 0.2) is 103 Å². The Morgan fingerprint density at radius 3 is 2.37 bits per heavy atom. The number of ether oxygens (including phenoxy) is 1. The van der Waals surface area contributed by atoms with E-state index in [1.165, 1.54) is 0 Å². The molecule has 1 aliphatic carbocycles. The number of anilines is 1. The third-order valence-electron chi connectivity index (χ3n) is 8.42. The SMILES string of the molecule is Cc1ccc(-n2nc(C(C)(C)C)cc2NC(=O)NC2CCC(Oc3ccc4nnc(-c5ccccc5)n4c3)c3ccccc32)cc1. The van der Waals surface area contributed by atoms with E-state index < -0.39 is 0 Å². The van der Waals surface area contributed by atoms with E-state index in [1.54, 1.807) is 4.68 Å². The first kappa shape index (κ1) is 29.3. The molecule has 3 aromatic heterocycles. The molecule has 2 unspecified atom stereocenters. The lowest BCUT2D eigenvalue weighted by Crippen LogP contribution is -2.36. The Kier molecular flexibility index (Phi) is 7.52. The van der Waals surface area contributed by atoms with Crippen molar-refractivity contribution in [2.24, 2.45) is 0 Å². The first-order chi connectivity index (χ1) is 22.2. The van der Waals surface area contributed by atoms with E-state index in [4.69, 9.17) is 9.84 Å². The fourth-order valence-electron chi connectivity index (χ4n) is 5.94. The Balaban J connectivity index is 1.10. The molecule has 0 aliphatic heterocycles. The van der Waals surface area contributed by atoms with Gasteiger partial charge in [0.1, 0.15) is 17.7 Å². The number of aromatic nitrogens is 5. The monoisotopic (exact) mass is 611 g/mol. The molecule has 0 spiro atoms. The molecule has 0 fully saturated rings. The number of fused-ring (bicyclic) bond motifs is 2. The van der Waals surface area contributed by atoms with Crippen molar-refractivity contribution in [3.05, 3.63) is 126 Å². The van der Waals surface area contributed by atoms with Crippen LogP contribution in [-0.2, 0) is 5.41 Å². The largest absolute Gasteiger partial charge is 0.484 e. The quantitative estimate of drug-likeness (QED) is 0.199. The highest BCUT2D eigenvalue weighted by Crippen LogP contribution is 2.39. The minimum atomic E-state index is -0.278. The molecule has 0 bridgehead atoms. The van der Waals surface area contributed by atoms with Crippen LogP contribution >= 0.6 is 0 Å². The van der Waals surface area contributed by atoms with Crippen LogP contribution in [0.1, 0.15) is 68.1 Å². The Hall–Kier alpha value is -5.44. The number of aryl methyl sites for hydroxylation is 1. The summed E-state index contributed by atoms with van der Waals surface area (Å²) >= 11 is 0. The van der Waals surface area contributed by atoms with Crippen molar-refractivity contribution < 1.29 is 9.53 Å². The number of pyridine rings is 1. The summed E-state index contributed by atoms with van der Waals surface area (Å²) in [4.78, 5) is 13.5. The molecule has 0 saturated carbocycles. The van der Waals surface area contributed by atoms with Gasteiger partial charge in [0.25, 0.3) is 0 Å². The molecule has 0 saturated heterocycles. The zero-order valence-corrected chi connectivity index (χ0v) is 26.4. The number of nitrogens with one attached hydrogen (secondary N) is 2. The average Bonchev–Trinajstić information content (AvgIpc) is 3.68. The van der Waals surface area contributed by atoms with Gasteiger partial charge in [-0.3, -0.25) is 9.72 Å². The molecule has 3 aromatic carbocycles. The van der Waals surface area contributed by atoms with E-state index in [-0.39, 0.29) is 23.6 Å². The minimum Gasteiger partial charge on any atom is -0.484 e. The van der Waals surface area contributed by atoms with Gasteiger partial charge in [-0.1, -0.05) is 93.1 Å². The summed E-state index contributed by atoms with van der Waals surface area (Å²) in [7, 11) is 0. The molecule has 232 valence electrons. The highest BCUT2D eigenvalue weighted by Gasteiger charge is 2.30. The molecular formula is C37H37N7O2. The van der Waals surface area contributed by atoms with Crippen LogP contribution < -0.4 is 15.4 Å². The Morgan fingerprint density at radius 1 is 0.870 bits per heavy atom. The van der Waals surface area contributed by atoms with Gasteiger partial charge in [0.15, 0.2) is 11.5 Å². The minimum absolute atomic E-state index is 0.163. The van der Waals surface area contributed by atoms with Crippen LogP contribution in [0.4, 0.5) is 10.6 Å². The molecule has 7 rings (SSSR count). The zero-order valence-electron chi connectivity index (χ0n) is 26.4. The summed E-state index contributed by atoms with van der Waals surface area (Å²) in [6, 6.07) is 31.6. The lowest BCUT2D eigenvalue weighted by molar-refractivity contribution is 0.171. The Bertz CT molecular complexity index is 2010. The summed E-state index contributed by atoms with van der Waals surface area (Å²) in [6.07, 6.45) is 3.25. The van der Waals surface area contributed by atoms with E-state index >= 15 is 0 Å². The van der Waals surface area contributed by atoms with Crippen LogP contribution in [0.5, 0.6) is 5.75 Å². The number of rotatable bonds is 6. The lowest BCUT2D eigenvalue weighted by atomic mass is 9.85. The van der Waals surface area contributed by atoms with E-state index in [1.807, 2.05) is 95.5 Å². The lowest BCUT2D eigenvalue weighted by Gasteiger charge is -2.32. The maximum atomic E-state index is 13.5. The van der Waals surface area contributed by atoms with Gasteiger partial charge in [-0.05, 0) is 55.2 Å². The predicted octanol–water partition coefficient (Wildman–Crippen LogP) is 7.96. The van der Waals surface area contributed by atoms with E-state index in [0.29, 0.717) is 5.82 Å². The van der Waals surface area contributed by atoms with Crippen molar-refractivity contribution in [2.45, 2.75) is 58.1 Å². The first-order valence-electron chi connectivity index (χ1n) is 15.6. The molecule has 6 aromatic rings. The number of hydrogen-bond acceptors (Lipinski definition) is 5. The van der Waals surface area contributed by atoms with Gasteiger partial charge in [-0.25, -0.2) is 9.48 Å². The van der Waals surface area contributed by atoms with Crippen LogP contribution in [0.2, 0.25) is 0 Å². The van der Waals surface area contributed by atoms with Gasteiger partial charge in [-0.2, -0.15) is 5.10 Å². The molecule has 3 heterocycles. The maximum Gasteiger partial charge on any atom is 0.320 e. The third kappa shape index (κ3) is 5.83. The number of carbonyl (C=O) groups is 1. The summed E-state index contributed by atoms with van der Waals surface area (Å²) in [5.74, 6) is 2.11. The standard InChI is InChI=1S/C37H37N7O2/c1-24-14-16-26(17-15-24)44-34(22-32(42-44)37(2,3)4)39-36(45)38-30-19-20-31(29-13-9-8-12-28(29)30)46-27-18-21-33-40-41-35(43(33)23-27)25-10-6-5-7-11-25/h5-18,21-23,30-31H,19-20H2,1-4H3,(H2,38,39,45). The summed E-state index contributed by atoms with van der Waals surface area (Å²) in [5, 5.41) is 19.9. The Morgan fingerprint density at radius 2 is 1.61 bits per heavy atom. The van der Waals surface area contributed by atoms with Gasteiger partial charge in [0.2, 0.25) is 0 Å². The highest BCUT2D eigenvalue weighted by atomic mass is 16.5. The van der Waals surface area contributed by atoms with Crippen LogP contribution in [0.25, 0.3) is 22.7 Å². The first-order valence-corrected chi connectivity index (χ1v) is 15.6. The normalized spacial score (nSPS) is 16.2. The molecule has 9 heteroatoms. The molecule has 46 heavy (non-hydrogen) atoms. The zero-order chi connectivity index (χ0) is 31.8. The van der Waals surface area contributed by atoms with Crippen LogP contribution in [0, 0.1) is 6.92 Å². The topological polar surface area (TPSA) is 98.4 Å². The second kappa shape index (κ2) is 11.8. The average molecular weight is 612 g/mol. The van der Waals surface area contributed by atoms with Crippen molar-refractivity contribution in [3.8, 4) is 22.8 Å². The van der Waals surface area contributed by atoms with Crippen molar-refractivity contribution >= 4 is 17.5 Å². The van der Waals surface area contributed by atoms with E-state index in [0.717, 1.165) is 63.7 Å². The van der Waals surface area contributed by atoms with Gasteiger partial charge in [-0.15, -0.1) is 10.2 Å². The van der Waals surface area contributed by atoms with Gasteiger partial charge < -0.3 is 10.1 Å². The molecule has 2 N–H and O–H groups in total. The van der Waals surface area contributed by atoms with Crippen molar-refractivity contribution in [2.75, 3.05) is 5.32 Å². The molecular weight excluding hydrogens is 574 g/mol. The number of carbonyl (C=O) groups excluding carboxylic acids is 1. The van der Waals surface area contributed by atoms with Crippen LogP contribution in [0.3, 0.4) is 0 Å². The number of nitrogens with zero attached hydrogens (tertiary/aromatic N) is 5. The van der Waals surface area contributed by atoms with Crippen molar-refractivity contribution in [1.82, 2.24) is 29.7 Å². The van der Waals surface area contributed by atoms with Gasteiger partial charge in [0, 0.05) is 17.0 Å². The number of urea groups is 1. The van der Waals surface area contributed by atoms with Crippen molar-refractivity contribution in [1.29, 1.82) is 0 Å². The number of amides is 2. The maximum absolute atomic E-state index is 13.5. The van der Waals surface area contributed by atoms with Gasteiger partial charge >= 0.3 is 6.03 Å².